The van der Waals surface area contributed by atoms with Crippen LogP contribution in [0, 0.1) is 0 Å². The van der Waals surface area contributed by atoms with Gasteiger partial charge in [0.15, 0.2) is 0 Å². The van der Waals surface area contributed by atoms with E-state index in [9.17, 15) is 9.59 Å². The number of benzene rings is 2. The Balaban J connectivity index is 2.07. The van der Waals surface area contributed by atoms with E-state index in [0.29, 0.717) is 28.9 Å². The summed E-state index contributed by atoms with van der Waals surface area (Å²) in [7, 11) is 1.57. The zero-order valence-corrected chi connectivity index (χ0v) is 14.6. The summed E-state index contributed by atoms with van der Waals surface area (Å²) in [4.78, 5) is 25.4. The number of rotatable bonds is 4. The van der Waals surface area contributed by atoms with Crippen molar-refractivity contribution >= 4 is 34.1 Å². The number of anilines is 1. The van der Waals surface area contributed by atoms with E-state index >= 15 is 0 Å². The normalized spacial score (nSPS) is 10.7. The number of aryl methyl sites for hydroxylation is 1. The van der Waals surface area contributed by atoms with Gasteiger partial charge in [0.1, 0.15) is 11.3 Å². The molecule has 6 heteroatoms. The number of carbonyl (C=O) groups excluding carboxylic acids is 1. The third-order valence-electron chi connectivity index (χ3n) is 4.00. The number of aromatic nitrogens is 1. The van der Waals surface area contributed by atoms with Crippen molar-refractivity contribution in [2.75, 3.05) is 12.4 Å². The molecule has 0 atom stereocenters. The summed E-state index contributed by atoms with van der Waals surface area (Å²) in [5.41, 5.74) is 0.800. The second-order valence-corrected chi connectivity index (χ2v) is 5.82. The number of para-hydroxylation sites is 1. The van der Waals surface area contributed by atoms with Gasteiger partial charge in [-0.3, -0.25) is 9.59 Å². The molecule has 1 aromatic heterocycles. The maximum absolute atomic E-state index is 12.8. The zero-order chi connectivity index (χ0) is 18.0. The molecule has 0 aliphatic heterocycles. The minimum atomic E-state index is -0.534. The summed E-state index contributed by atoms with van der Waals surface area (Å²) in [5, 5.41) is 3.55. The molecule has 25 heavy (non-hydrogen) atoms. The lowest BCUT2D eigenvalue weighted by Gasteiger charge is -2.13. The predicted octanol–water partition coefficient (Wildman–Crippen LogP) is 3.94. The number of hydrogen-bond donors (Lipinski definition) is 1. The van der Waals surface area contributed by atoms with Gasteiger partial charge in [0, 0.05) is 17.6 Å². The van der Waals surface area contributed by atoms with Crippen LogP contribution in [0.3, 0.4) is 0 Å². The molecule has 0 fully saturated rings. The highest BCUT2D eigenvalue weighted by atomic mass is 35.5. The molecule has 1 amide bonds. The summed E-state index contributed by atoms with van der Waals surface area (Å²) in [5.74, 6) is 0.142. The van der Waals surface area contributed by atoms with Gasteiger partial charge in [-0.25, -0.2) is 0 Å². The largest absolute Gasteiger partial charge is 0.497 e. The van der Waals surface area contributed by atoms with Crippen molar-refractivity contribution in [3.8, 4) is 5.75 Å². The number of nitrogens with zero attached hydrogens (tertiary/aromatic N) is 1. The number of halogens is 1. The van der Waals surface area contributed by atoms with Gasteiger partial charge in [0.25, 0.3) is 11.5 Å². The first-order chi connectivity index (χ1) is 12.1. The van der Waals surface area contributed by atoms with Crippen molar-refractivity contribution in [2.45, 2.75) is 13.5 Å². The van der Waals surface area contributed by atoms with Crippen LogP contribution in [0.1, 0.15) is 17.3 Å². The van der Waals surface area contributed by atoms with Crippen LogP contribution in [0.15, 0.2) is 53.3 Å². The molecule has 0 saturated heterocycles. The average molecular weight is 357 g/mol. The van der Waals surface area contributed by atoms with Gasteiger partial charge in [-0.2, -0.15) is 0 Å². The molecule has 2 aromatic carbocycles. The fourth-order valence-electron chi connectivity index (χ4n) is 2.75. The molecule has 5 nitrogen and oxygen atoms in total. The summed E-state index contributed by atoms with van der Waals surface area (Å²) < 4.78 is 6.63. The monoisotopic (exact) mass is 356 g/mol. The Labute approximate surface area is 149 Å². The van der Waals surface area contributed by atoms with E-state index in [-0.39, 0.29) is 10.6 Å². The van der Waals surface area contributed by atoms with Gasteiger partial charge in [-0.15, -0.1) is 0 Å². The fourth-order valence-corrected chi connectivity index (χ4v) is 3.07. The molecule has 0 radical (unpaired) electrons. The van der Waals surface area contributed by atoms with Crippen LogP contribution in [0.5, 0.6) is 5.75 Å². The standard InChI is InChI=1S/C19H17ClN2O3/c1-3-22-15-7-5-4-6-14(15)17(20)16(19(22)24)18(23)21-12-8-10-13(25-2)11-9-12/h4-11H,3H2,1-2H3,(H,21,23). The third-order valence-corrected chi connectivity index (χ3v) is 4.39. The molecular weight excluding hydrogens is 340 g/mol. The first-order valence-corrected chi connectivity index (χ1v) is 8.21. The van der Waals surface area contributed by atoms with Crippen LogP contribution in [0.2, 0.25) is 5.02 Å². The van der Waals surface area contributed by atoms with E-state index < -0.39 is 11.5 Å². The topological polar surface area (TPSA) is 60.3 Å². The van der Waals surface area contributed by atoms with E-state index in [1.807, 2.05) is 25.1 Å². The summed E-state index contributed by atoms with van der Waals surface area (Å²) in [6.45, 7) is 2.30. The predicted molar refractivity (Wildman–Crippen MR) is 99.8 cm³/mol. The van der Waals surface area contributed by atoms with E-state index in [1.54, 1.807) is 42.0 Å². The lowest BCUT2D eigenvalue weighted by atomic mass is 10.1. The Morgan fingerprint density at radius 1 is 1.16 bits per heavy atom. The number of carbonyl (C=O) groups is 1. The highest BCUT2D eigenvalue weighted by Crippen LogP contribution is 2.26. The van der Waals surface area contributed by atoms with Crippen molar-refractivity contribution in [3.63, 3.8) is 0 Å². The van der Waals surface area contributed by atoms with Gasteiger partial charge >= 0.3 is 0 Å². The third kappa shape index (κ3) is 3.10. The smallest absolute Gasteiger partial charge is 0.265 e. The van der Waals surface area contributed by atoms with Crippen molar-refractivity contribution < 1.29 is 9.53 Å². The Morgan fingerprint density at radius 3 is 2.48 bits per heavy atom. The second kappa shape index (κ2) is 6.99. The Hall–Kier alpha value is -2.79. The van der Waals surface area contributed by atoms with Gasteiger partial charge in [-0.1, -0.05) is 29.8 Å². The first kappa shape index (κ1) is 17.0. The molecule has 0 unspecified atom stereocenters. The van der Waals surface area contributed by atoms with Crippen molar-refractivity contribution in [1.29, 1.82) is 0 Å². The minimum absolute atomic E-state index is 0.0574. The van der Waals surface area contributed by atoms with Gasteiger partial charge in [-0.05, 0) is 37.3 Å². The molecule has 0 aliphatic carbocycles. The highest BCUT2D eigenvalue weighted by molar-refractivity contribution is 6.38. The van der Waals surface area contributed by atoms with Gasteiger partial charge in [0.2, 0.25) is 0 Å². The van der Waals surface area contributed by atoms with E-state index in [2.05, 4.69) is 5.32 Å². The van der Waals surface area contributed by atoms with E-state index in [4.69, 9.17) is 16.3 Å². The number of nitrogens with one attached hydrogen (secondary N) is 1. The van der Waals surface area contributed by atoms with E-state index in [1.165, 1.54) is 0 Å². The number of fused-ring (bicyclic) bond motifs is 1. The molecule has 0 spiro atoms. The van der Waals surface area contributed by atoms with E-state index in [0.717, 1.165) is 0 Å². The van der Waals surface area contributed by atoms with Crippen LogP contribution < -0.4 is 15.6 Å². The molecule has 1 heterocycles. The molecule has 3 aromatic rings. The SMILES string of the molecule is CCn1c(=O)c(C(=O)Nc2ccc(OC)cc2)c(Cl)c2ccccc21. The van der Waals surface area contributed by atoms with Crippen LogP contribution in [-0.2, 0) is 6.54 Å². The number of hydrogen-bond acceptors (Lipinski definition) is 3. The van der Waals surface area contributed by atoms with Crippen molar-refractivity contribution in [2.24, 2.45) is 0 Å². The molecule has 0 aliphatic rings. The second-order valence-electron chi connectivity index (χ2n) is 5.44. The number of methoxy groups -OCH3 is 1. The zero-order valence-electron chi connectivity index (χ0n) is 13.9. The maximum atomic E-state index is 12.8. The van der Waals surface area contributed by atoms with Crippen LogP contribution >= 0.6 is 11.6 Å². The Morgan fingerprint density at radius 2 is 1.84 bits per heavy atom. The first-order valence-electron chi connectivity index (χ1n) is 7.83. The summed E-state index contributed by atoms with van der Waals surface area (Å²) in [6.07, 6.45) is 0. The lowest BCUT2D eigenvalue weighted by Crippen LogP contribution is -2.29. The number of pyridine rings is 1. The minimum Gasteiger partial charge on any atom is -0.497 e. The van der Waals surface area contributed by atoms with Crippen molar-refractivity contribution in [1.82, 2.24) is 4.57 Å². The molecule has 3 rings (SSSR count). The number of ether oxygens (including phenoxy) is 1. The fraction of sp³-hybridized carbons (Fsp3) is 0.158. The van der Waals surface area contributed by atoms with Crippen LogP contribution in [-0.4, -0.2) is 17.6 Å². The molecular formula is C19H17ClN2O3. The summed E-state index contributed by atoms with van der Waals surface area (Å²) >= 11 is 6.39. The molecule has 0 saturated carbocycles. The Kier molecular flexibility index (Phi) is 4.76. The number of amides is 1. The van der Waals surface area contributed by atoms with Gasteiger partial charge < -0.3 is 14.6 Å². The Bertz CT molecular complexity index is 994. The summed E-state index contributed by atoms with van der Waals surface area (Å²) in [6, 6.07) is 14.1. The van der Waals surface area contributed by atoms with Crippen LogP contribution in [0.4, 0.5) is 5.69 Å². The molecule has 128 valence electrons. The molecule has 1 N–H and O–H groups in total. The quantitative estimate of drug-likeness (QED) is 0.770. The maximum Gasteiger partial charge on any atom is 0.265 e. The molecule has 0 bridgehead atoms. The van der Waals surface area contributed by atoms with Gasteiger partial charge in [0.05, 0.1) is 17.6 Å². The highest BCUT2D eigenvalue weighted by Gasteiger charge is 2.20. The van der Waals surface area contributed by atoms with Crippen LogP contribution in [0.25, 0.3) is 10.9 Å². The van der Waals surface area contributed by atoms with Crippen molar-refractivity contribution in [3.05, 3.63) is 69.5 Å². The lowest BCUT2D eigenvalue weighted by molar-refractivity contribution is 0.102. The average Bonchev–Trinajstić information content (AvgIpc) is 2.63.